The van der Waals surface area contributed by atoms with Gasteiger partial charge in [-0.25, -0.2) is 4.39 Å². The van der Waals surface area contributed by atoms with Gasteiger partial charge in [0.1, 0.15) is 6.61 Å². The van der Waals surface area contributed by atoms with E-state index < -0.39 is 0 Å². The van der Waals surface area contributed by atoms with Gasteiger partial charge in [-0.1, -0.05) is 44.2 Å². The number of hydrogen-bond donors (Lipinski definition) is 0. The van der Waals surface area contributed by atoms with Crippen molar-refractivity contribution in [3.63, 3.8) is 0 Å². The zero-order chi connectivity index (χ0) is 13.8. The van der Waals surface area contributed by atoms with Crippen LogP contribution < -0.4 is 4.74 Å². The first kappa shape index (κ1) is 13.6. The Morgan fingerprint density at radius 2 is 1.74 bits per heavy atom. The second kappa shape index (κ2) is 5.87. The Morgan fingerprint density at radius 3 is 2.37 bits per heavy atom. The molecule has 2 heteroatoms. The Bertz CT molecular complexity index is 544. The van der Waals surface area contributed by atoms with E-state index in [1.807, 2.05) is 19.1 Å². The molecule has 100 valence electrons. The lowest BCUT2D eigenvalue weighted by Gasteiger charge is -2.10. The summed E-state index contributed by atoms with van der Waals surface area (Å²) in [5.74, 6) is 0.515. The van der Waals surface area contributed by atoms with E-state index in [2.05, 4.69) is 26.0 Å². The number of benzene rings is 2. The van der Waals surface area contributed by atoms with Crippen LogP contribution in [0.25, 0.3) is 0 Å². The molecule has 2 rings (SSSR count). The highest BCUT2D eigenvalue weighted by atomic mass is 19.1. The summed E-state index contributed by atoms with van der Waals surface area (Å²) in [6.07, 6.45) is 0. The largest absolute Gasteiger partial charge is 0.486 e. The fourth-order valence-corrected chi connectivity index (χ4v) is 1.88. The minimum absolute atomic E-state index is 0.313. The molecule has 0 aliphatic rings. The highest BCUT2D eigenvalue weighted by Crippen LogP contribution is 2.20. The van der Waals surface area contributed by atoms with Crippen LogP contribution in [0, 0.1) is 12.7 Å². The average molecular weight is 258 g/mol. The van der Waals surface area contributed by atoms with Crippen LogP contribution in [-0.2, 0) is 6.61 Å². The minimum atomic E-state index is -0.315. The molecule has 0 unspecified atom stereocenters. The van der Waals surface area contributed by atoms with E-state index in [4.69, 9.17) is 4.74 Å². The van der Waals surface area contributed by atoms with Crippen molar-refractivity contribution in [3.05, 3.63) is 65.0 Å². The number of hydrogen-bond acceptors (Lipinski definition) is 1. The summed E-state index contributed by atoms with van der Waals surface area (Å²) in [6.45, 7) is 6.63. The standard InChI is InChI=1S/C17H19FO/c1-12(2)15-7-5-14(6-8-15)11-19-17-10-13(3)4-9-16(17)18/h4-10,12H,11H2,1-3H3. The predicted molar refractivity (Wildman–Crippen MR) is 76.0 cm³/mol. The second-order valence-electron chi connectivity index (χ2n) is 5.12. The van der Waals surface area contributed by atoms with Crippen LogP contribution in [0.1, 0.15) is 36.5 Å². The molecule has 0 spiro atoms. The zero-order valence-corrected chi connectivity index (χ0v) is 11.6. The van der Waals surface area contributed by atoms with Gasteiger partial charge in [0.05, 0.1) is 0 Å². The fraction of sp³-hybridized carbons (Fsp3) is 0.294. The molecule has 0 aromatic heterocycles. The lowest BCUT2D eigenvalue weighted by Crippen LogP contribution is -1.98. The van der Waals surface area contributed by atoms with Gasteiger partial charge in [-0.3, -0.25) is 0 Å². The van der Waals surface area contributed by atoms with E-state index in [9.17, 15) is 4.39 Å². The lowest BCUT2D eigenvalue weighted by molar-refractivity contribution is 0.290. The normalized spacial score (nSPS) is 10.8. The van der Waals surface area contributed by atoms with Gasteiger partial charge in [-0.15, -0.1) is 0 Å². The first-order valence-corrected chi connectivity index (χ1v) is 6.54. The molecule has 0 saturated carbocycles. The van der Waals surface area contributed by atoms with Gasteiger partial charge < -0.3 is 4.74 Å². The lowest BCUT2D eigenvalue weighted by atomic mass is 10.0. The van der Waals surface area contributed by atoms with E-state index in [0.717, 1.165) is 11.1 Å². The summed E-state index contributed by atoms with van der Waals surface area (Å²) >= 11 is 0. The van der Waals surface area contributed by atoms with E-state index in [-0.39, 0.29) is 5.82 Å². The van der Waals surface area contributed by atoms with Crippen LogP contribution in [0.4, 0.5) is 4.39 Å². The summed E-state index contributed by atoms with van der Waals surface area (Å²) in [5.41, 5.74) is 3.34. The Kier molecular flexibility index (Phi) is 4.20. The number of halogens is 1. The summed E-state index contributed by atoms with van der Waals surface area (Å²) in [4.78, 5) is 0. The number of ether oxygens (including phenoxy) is 1. The molecule has 0 aliphatic carbocycles. The van der Waals surface area contributed by atoms with Crippen LogP contribution in [0.15, 0.2) is 42.5 Å². The molecular weight excluding hydrogens is 239 g/mol. The SMILES string of the molecule is Cc1ccc(F)c(OCc2ccc(C(C)C)cc2)c1. The molecule has 0 aliphatic heterocycles. The summed E-state index contributed by atoms with van der Waals surface area (Å²) in [5, 5.41) is 0. The number of aryl methyl sites for hydroxylation is 1. The average Bonchev–Trinajstić information content (AvgIpc) is 2.40. The van der Waals surface area contributed by atoms with Crippen LogP contribution in [0.5, 0.6) is 5.75 Å². The van der Waals surface area contributed by atoms with Crippen LogP contribution in [0.2, 0.25) is 0 Å². The maximum Gasteiger partial charge on any atom is 0.165 e. The molecule has 1 nitrogen and oxygen atoms in total. The van der Waals surface area contributed by atoms with Crippen molar-refractivity contribution in [3.8, 4) is 5.75 Å². The molecule has 19 heavy (non-hydrogen) atoms. The molecule has 0 atom stereocenters. The summed E-state index contributed by atoms with van der Waals surface area (Å²) < 4.78 is 19.0. The quantitative estimate of drug-likeness (QED) is 0.762. The van der Waals surface area contributed by atoms with Crippen LogP contribution in [0.3, 0.4) is 0 Å². The summed E-state index contributed by atoms with van der Waals surface area (Å²) in [7, 11) is 0. The molecule has 0 bridgehead atoms. The molecule has 0 fully saturated rings. The van der Waals surface area contributed by atoms with E-state index in [0.29, 0.717) is 18.3 Å². The second-order valence-corrected chi connectivity index (χ2v) is 5.12. The topological polar surface area (TPSA) is 9.23 Å². The van der Waals surface area contributed by atoms with Crippen LogP contribution >= 0.6 is 0 Å². The molecule has 0 N–H and O–H groups in total. The van der Waals surface area contributed by atoms with Gasteiger partial charge >= 0.3 is 0 Å². The van der Waals surface area contributed by atoms with Crippen LogP contribution in [-0.4, -0.2) is 0 Å². The Morgan fingerprint density at radius 1 is 1.05 bits per heavy atom. The third kappa shape index (κ3) is 3.57. The van der Waals surface area contributed by atoms with Crippen molar-refractivity contribution in [1.29, 1.82) is 0 Å². The summed E-state index contributed by atoms with van der Waals surface area (Å²) in [6, 6.07) is 13.1. The Labute approximate surface area is 114 Å². The first-order valence-electron chi connectivity index (χ1n) is 6.54. The van der Waals surface area contributed by atoms with Crippen molar-refractivity contribution < 1.29 is 9.13 Å². The smallest absolute Gasteiger partial charge is 0.165 e. The first-order chi connectivity index (χ1) is 9.06. The highest BCUT2D eigenvalue weighted by molar-refractivity contribution is 5.30. The van der Waals surface area contributed by atoms with Gasteiger partial charge in [0.2, 0.25) is 0 Å². The van der Waals surface area contributed by atoms with Crippen molar-refractivity contribution in [2.75, 3.05) is 0 Å². The molecule has 2 aromatic carbocycles. The predicted octanol–water partition coefficient (Wildman–Crippen LogP) is 4.84. The van der Waals surface area contributed by atoms with Gasteiger partial charge in [0.15, 0.2) is 11.6 Å². The number of rotatable bonds is 4. The molecular formula is C17H19FO. The molecule has 2 aromatic rings. The Balaban J connectivity index is 2.04. The molecule has 0 amide bonds. The molecule has 0 radical (unpaired) electrons. The van der Waals surface area contributed by atoms with Crippen molar-refractivity contribution >= 4 is 0 Å². The maximum absolute atomic E-state index is 13.5. The van der Waals surface area contributed by atoms with Gasteiger partial charge in [-0.2, -0.15) is 0 Å². The van der Waals surface area contributed by atoms with Gasteiger partial charge in [0.25, 0.3) is 0 Å². The van der Waals surface area contributed by atoms with Crippen molar-refractivity contribution in [2.24, 2.45) is 0 Å². The zero-order valence-electron chi connectivity index (χ0n) is 11.6. The maximum atomic E-state index is 13.5. The van der Waals surface area contributed by atoms with Gasteiger partial charge in [-0.05, 0) is 41.7 Å². The fourth-order valence-electron chi connectivity index (χ4n) is 1.88. The van der Waals surface area contributed by atoms with E-state index in [1.54, 1.807) is 12.1 Å². The molecule has 0 heterocycles. The van der Waals surface area contributed by atoms with Gasteiger partial charge in [0, 0.05) is 0 Å². The van der Waals surface area contributed by atoms with Crippen molar-refractivity contribution in [2.45, 2.75) is 33.3 Å². The monoisotopic (exact) mass is 258 g/mol. The Hall–Kier alpha value is -1.83. The minimum Gasteiger partial charge on any atom is -0.486 e. The van der Waals surface area contributed by atoms with E-state index in [1.165, 1.54) is 11.6 Å². The highest BCUT2D eigenvalue weighted by Gasteiger charge is 2.04. The molecule has 0 saturated heterocycles. The third-order valence-electron chi connectivity index (χ3n) is 3.13. The van der Waals surface area contributed by atoms with E-state index >= 15 is 0 Å². The third-order valence-corrected chi connectivity index (χ3v) is 3.13. The van der Waals surface area contributed by atoms with Crippen molar-refractivity contribution in [1.82, 2.24) is 0 Å².